The molecule has 39 heavy (non-hydrogen) atoms. The molecular formula is C29H41N5O5. The molecule has 4 rings (SSSR count). The number of imidazole rings is 1. The highest BCUT2D eigenvalue weighted by molar-refractivity contribution is 5.81. The molecule has 0 aliphatic carbocycles. The number of aliphatic hydroxyl groups is 1. The minimum Gasteiger partial charge on any atom is -0.464 e. The molecule has 1 fully saturated rings. The van der Waals surface area contributed by atoms with E-state index in [1.54, 1.807) is 18.5 Å². The lowest BCUT2D eigenvalue weighted by Gasteiger charge is -2.30. The summed E-state index contributed by atoms with van der Waals surface area (Å²) in [5.74, 6) is 0.518. The number of nitrogens with one attached hydrogen (secondary N) is 1. The van der Waals surface area contributed by atoms with Crippen LogP contribution in [-0.2, 0) is 34.4 Å². The van der Waals surface area contributed by atoms with E-state index in [-0.39, 0.29) is 17.6 Å². The van der Waals surface area contributed by atoms with Gasteiger partial charge in [0.05, 0.1) is 43.0 Å². The number of rotatable bonds is 10. The monoisotopic (exact) mass is 539 g/mol. The molecule has 3 aromatic rings. The minimum absolute atomic E-state index is 0.0125. The normalized spacial score (nSPS) is 18.0. The van der Waals surface area contributed by atoms with Gasteiger partial charge in [-0.2, -0.15) is 0 Å². The Labute approximate surface area is 229 Å². The largest absolute Gasteiger partial charge is 0.464 e. The standard InChI is InChI=1S/C29H41N5O5/c1-18(2)17-39-29(37)26(20(4)35)30-13-21-7-8-25-24(12-21)31-27(22-11-19(3)28(36)33(6)14-22)34(25)16-23-15-32(5)9-10-38-23/h7-8,11-12,14,18,20,23,26,30,35H,9-10,13,15-17H2,1-6H3/t20-,23?,26+/m1/s1. The highest BCUT2D eigenvalue weighted by Gasteiger charge is 2.26. The van der Waals surface area contributed by atoms with Gasteiger partial charge in [-0.3, -0.25) is 14.9 Å². The molecule has 0 amide bonds. The third kappa shape index (κ3) is 6.94. The fraction of sp³-hybridized carbons (Fsp3) is 0.552. The number of hydrogen-bond acceptors (Lipinski definition) is 8. The number of fused-ring (bicyclic) bond motifs is 1. The number of carbonyl (C=O) groups excluding carboxylic acids is 1. The fourth-order valence-electron chi connectivity index (χ4n) is 4.89. The molecular weight excluding hydrogens is 498 g/mol. The maximum atomic E-state index is 12.5. The van der Waals surface area contributed by atoms with Crippen molar-refractivity contribution in [2.45, 2.75) is 59.0 Å². The van der Waals surface area contributed by atoms with Gasteiger partial charge in [0.15, 0.2) is 0 Å². The number of carbonyl (C=O) groups is 1. The number of aromatic nitrogens is 3. The Hall–Kier alpha value is -3.05. The number of esters is 1. The molecule has 0 spiro atoms. The van der Waals surface area contributed by atoms with Crippen LogP contribution in [0.15, 0.2) is 35.3 Å². The molecule has 0 radical (unpaired) electrons. The van der Waals surface area contributed by atoms with Crippen LogP contribution in [-0.4, -0.2) is 81.7 Å². The number of benzene rings is 1. The first-order valence-corrected chi connectivity index (χ1v) is 13.6. The first kappa shape index (κ1) is 28.9. The van der Waals surface area contributed by atoms with Gasteiger partial charge in [0.1, 0.15) is 11.9 Å². The van der Waals surface area contributed by atoms with Gasteiger partial charge in [0, 0.05) is 44.0 Å². The average Bonchev–Trinajstić information content (AvgIpc) is 3.23. The Bertz CT molecular complexity index is 1340. The number of pyridine rings is 1. The third-order valence-corrected chi connectivity index (χ3v) is 6.98. The molecule has 10 nitrogen and oxygen atoms in total. The van der Waals surface area contributed by atoms with Crippen molar-refractivity contribution in [2.24, 2.45) is 13.0 Å². The summed E-state index contributed by atoms with van der Waals surface area (Å²) in [5.41, 5.74) is 4.16. The van der Waals surface area contributed by atoms with Crippen molar-refractivity contribution in [1.29, 1.82) is 0 Å². The van der Waals surface area contributed by atoms with Crippen LogP contribution >= 0.6 is 0 Å². The maximum absolute atomic E-state index is 12.5. The van der Waals surface area contributed by atoms with E-state index in [2.05, 4.69) is 21.8 Å². The summed E-state index contributed by atoms with van der Waals surface area (Å²) < 4.78 is 15.2. The zero-order chi connectivity index (χ0) is 28.3. The molecule has 2 N–H and O–H groups in total. The zero-order valence-corrected chi connectivity index (χ0v) is 23.8. The molecule has 3 heterocycles. The zero-order valence-electron chi connectivity index (χ0n) is 23.8. The van der Waals surface area contributed by atoms with Gasteiger partial charge < -0.3 is 28.6 Å². The number of morpholine rings is 1. The van der Waals surface area contributed by atoms with E-state index in [1.165, 1.54) is 0 Å². The Balaban J connectivity index is 1.65. The number of nitrogens with zero attached hydrogens (tertiary/aromatic N) is 4. The van der Waals surface area contributed by atoms with E-state index in [0.717, 1.165) is 41.1 Å². The summed E-state index contributed by atoms with van der Waals surface area (Å²) in [7, 11) is 3.84. The Morgan fingerprint density at radius 1 is 1.26 bits per heavy atom. The number of ether oxygens (including phenoxy) is 2. The van der Waals surface area contributed by atoms with E-state index in [4.69, 9.17) is 14.5 Å². The molecule has 0 saturated carbocycles. The predicted octanol–water partition coefficient (Wildman–Crippen LogP) is 2.08. The van der Waals surface area contributed by atoms with E-state index in [1.807, 2.05) is 51.2 Å². The van der Waals surface area contributed by atoms with Crippen LogP contribution in [0.3, 0.4) is 0 Å². The van der Waals surface area contributed by atoms with Gasteiger partial charge in [0.2, 0.25) is 0 Å². The summed E-state index contributed by atoms with van der Waals surface area (Å²) in [5, 5.41) is 13.3. The Morgan fingerprint density at radius 2 is 2.03 bits per heavy atom. The highest BCUT2D eigenvalue weighted by atomic mass is 16.5. The summed E-state index contributed by atoms with van der Waals surface area (Å²) in [6.45, 7) is 11.0. The second kappa shape index (κ2) is 12.4. The van der Waals surface area contributed by atoms with Crippen LogP contribution in [0.25, 0.3) is 22.4 Å². The number of likely N-dealkylation sites (N-methyl/N-ethyl adjacent to an activating group) is 1. The number of aliphatic hydroxyl groups excluding tert-OH is 1. The van der Waals surface area contributed by atoms with Crippen molar-refractivity contribution < 1.29 is 19.4 Å². The summed E-state index contributed by atoms with van der Waals surface area (Å²) in [6, 6.07) is 7.06. The van der Waals surface area contributed by atoms with Gasteiger partial charge in [-0.05, 0) is 50.6 Å². The van der Waals surface area contributed by atoms with E-state index >= 15 is 0 Å². The lowest BCUT2D eigenvalue weighted by molar-refractivity contribution is -0.150. The second-order valence-corrected chi connectivity index (χ2v) is 11.1. The second-order valence-electron chi connectivity index (χ2n) is 11.1. The van der Waals surface area contributed by atoms with Gasteiger partial charge in [0.25, 0.3) is 5.56 Å². The first-order chi connectivity index (χ1) is 18.5. The average molecular weight is 540 g/mol. The summed E-state index contributed by atoms with van der Waals surface area (Å²) in [6.07, 6.45) is 0.929. The Morgan fingerprint density at radius 3 is 2.69 bits per heavy atom. The summed E-state index contributed by atoms with van der Waals surface area (Å²) >= 11 is 0. The lowest BCUT2D eigenvalue weighted by Crippen LogP contribution is -2.45. The van der Waals surface area contributed by atoms with Crippen LogP contribution in [0, 0.1) is 12.8 Å². The van der Waals surface area contributed by atoms with Crippen molar-refractivity contribution in [3.8, 4) is 11.4 Å². The lowest BCUT2D eigenvalue weighted by atomic mass is 10.1. The molecule has 1 aromatic carbocycles. The molecule has 1 aliphatic heterocycles. The fourth-order valence-corrected chi connectivity index (χ4v) is 4.89. The number of aryl methyl sites for hydroxylation is 2. The molecule has 3 atom stereocenters. The van der Waals surface area contributed by atoms with Crippen molar-refractivity contribution in [1.82, 2.24) is 24.3 Å². The van der Waals surface area contributed by atoms with E-state index < -0.39 is 18.1 Å². The van der Waals surface area contributed by atoms with Crippen LogP contribution in [0.2, 0.25) is 0 Å². The minimum atomic E-state index is -0.902. The van der Waals surface area contributed by atoms with E-state index in [9.17, 15) is 14.7 Å². The Kier molecular flexibility index (Phi) is 9.22. The third-order valence-electron chi connectivity index (χ3n) is 6.98. The smallest absolute Gasteiger partial charge is 0.325 e. The van der Waals surface area contributed by atoms with Crippen LogP contribution in [0.5, 0.6) is 0 Å². The molecule has 1 aliphatic rings. The molecule has 0 bridgehead atoms. The van der Waals surface area contributed by atoms with Gasteiger partial charge >= 0.3 is 5.97 Å². The van der Waals surface area contributed by atoms with Crippen molar-refractivity contribution in [3.05, 3.63) is 51.9 Å². The van der Waals surface area contributed by atoms with Crippen LogP contribution in [0.1, 0.15) is 31.9 Å². The molecule has 10 heteroatoms. The molecule has 1 unspecified atom stereocenters. The van der Waals surface area contributed by atoms with Crippen molar-refractivity contribution in [3.63, 3.8) is 0 Å². The van der Waals surface area contributed by atoms with Crippen molar-refractivity contribution in [2.75, 3.05) is 33.4 Å². The summed E-state index contributed by atoms with van der Waals surface area (Å²) in [4.78, 5) is 32.1. The van der Waals surface area contributed by atoms with Gasteiger partial charge in [-0.1, -0.05) is 19.9 Å². The van der Waals surface area contributed by atoms with E-state index in [0.29, 0.717) is 31.9 Å². The SMILES string of the molecule is Cc1cc(-c2nc3cc(CN[C@H](C(=O)OCC(C)C)[C@@H](C)O)ccc3n2CC2CN(C)CCO2)cn(C)c1=O. The topological polar surface area (TPSA) is 111 Å². The van der Waals surface area contributed by atoms with Crippen LogP contribution < -0.4 is 10.9 Å². The first-order valence-electron chi connectivity index (χ1n) is 13.6. The van der Waals surface area contributed by atoms with Crippen LogP contribution in [0.4, 0.5) is 0 Å². The highest BCUT2D eigenvalue weighted by Crippen LogP contribution is 2.27. The maximum Gasteiger partial charge on any atom is 0.325 e. The molecule has 212 valence electrons. The molecule has 1 saturated heterocycles. The number of hydrogen-bond donors (Lipinski definition) is 2. The molecule has 2 aromatic heterocycles. The van der Waals surface area contributed by atoms with Gasteiger partial charge in [-0.15, -0.1) is 0 Å². The van der Waals surface area contributed by atoms with Gasteiger partial charge in [-0.25, -0.2) is 4.98 Å². The van der Waals surface area contributed by atoms with Crippen molar-refractivity contribution >= 4 is 17.0 Å². The quantitative estimate of drug-likeness (QED) is 0.377. The predicted molar refractivity (Wildman–Crippen MR) is 150 cm³/mol.